The maximum absolute atomic E-state index is 5.77. The maximum atomic E-state index is 5.77. The van der Waals surface area contributed by atoms with Gasteiger partial charge in [-0.25, -0.2) is 9.97 Å². The van der Waals surface area contributed by atoms with Crippen molar-refractivity contribution in [1.82, 2.24) is 9.97 Å². The molecule has 1 aromatic carbocycles. The Labute approximate surface area is 94.1 Å². The lowest BCUT2D eigenvalue weighted by Gasteiger charge is -2.06. The monoisotopic (exact) mass is 215 g/mol. The molecule has 0 atom stereocenters. The van der Waals surface area contributed by atoms with Gasteiger partial charge in [-0.1, -0.05) is 12.1 Å². The van der Waals surface area contributed by atoms with Gasteiger partial charge in [0.1, 0.15) is 17.9 Å². The summed E-state index contributed by atoms with van der Waals surface area (Å²) in [5.41, 5.74) is 7.59. The molecule has 0 unspecified atom stereocenters. The number of anilines is 1. The highest BCUT2D eigenvalue weighted by Crippen LogP contribution is 2.24. The van der Waals surface area contributed by atoms with Crippen LogP contribution in [0.3, 0.4) is 0 Å². The zero-order valence-corrected chi connectivity index (χ0v) is 9.05. The number of rotatable bonds is 3. The normalized spacial score (nSPS) is 10.1. The summed E-state index contributed by atoms with van der Waals surface area (Å²) in [5.74, 6) is 1.33. The number of nitrogens with zero attached hydrogens (tertiary/aromatic N) is 2. The number of aromatic nitrogens is 2. The minimum absolute atomic E-state index is 0.485. The number of hydrogen-bond donors (Lipinski definition) is 1. The van der Waals surface area contributed by atoms with Gasteiger partial charge in [0, 0.05) is 11.8 Å². The van der Waals surface area contributed by atoms with Gasteiger partial charge in [0.25, 0.3) is 0 Å². The molecule has 4 nitrogen and oxygen atoms in total. The molecule has 0 aliphatic carbocycles. The quantitative estimate of drug-likeness (QED) is 0.851. The fourth-order valence-electron chi connectivity index (χ4n) is 1.46. The molecule has 0 saturated carbocycles. The largest absolute Gasteiger partial charge is 0.494 e. The molecule has 0 radical (unpaired) electrons. The summed E-state index contributed by atoms with van der Waals surface area (Å²) in [6, 6.07) is 7.70. The van der Waals surface area contributed by atoms with Crippen LogP contribution in [-0.2, 0) is 0 Å². The van der Waals surface area contributed by atoms with Gasteiger partial charge in [-0.2, -0.15) is 0 Å². The predicted molar refractivity (Wildman–Crippen MR) is 63.0 cm³/mol. The second-order valence-corrected chi connectivity index (χ2v) is 3.28. The fraction of sp³-hybridized carbons (Fsp3) is 0.167. The van der Waals surface area contributed by atoms with E-state index >= 15 is 0 Å². The third-order valence-electron chi connectivity index (χ3n) is 2.22. The average molecular weight is 215 g/mol. The molecule has 82 valence electrons. The minimum Gasteiger partial charge on any atom is -0.494 e. The lowest BCUT2D eigenvalue weighted by Crippen LogP contribution is -1.95. The maximum Gasteiger partial charge on any atom is 0.134 e. The first-order valence-electron chi connectivity index (χ1n) is 5.10. The van der Waals surface area contributed by atoms with Crippen LogP contribution in [0.1, 0.15) is 6.92 Å². The van der Waals surface area contributed by atoms with Crippen molar-refractivity contribution in [2.45, 2.75) is 6.92 Å². The number of nitrogen functional groups attached to an aromatic ring is 1. The molecule has 0 amide bonds. The molecular weight excluding hydrogens is 202 g/mol. The molecule has 0 bridgehead atoms. The smallest absolute Gasteiger partial charge is 0.134 e. The van der Waals surface area contributed by atoms with Crippen LogP contribution in [0.4, 0.5) is 5.82 Å². The molecule has 0 spiro atoms. The van der Waals surface area contributed by atoms with Gasteiger partial charge >= 0.3 is 0 Å². The van der Waals surface area contributed by atoms with Crippen LogP contribution in [0, 0.1) is 0 Å². The Morgan fingerprint density at radius 3 is 2.62 bits per heavy atom. The molecule has 0 aliphatic rings. The van der Waals surface area contributed by atoms with E-state index in [1.165, 1.54) is 6.33 Å². The van der Waals surface area contributed by atoms with E-state index in [2.05, 4.69) is 9.97 Å². The van der Waals surface area contributed by atoms with Crippen LogP contribution < -0.4 is 10.5 Å². The average Bonchev–Trinajstić information content (AvgIpc) is 2.31. The second kappa shape index (κ2) is 4.61. The van der Waals surface area contributed by atoms with E-state index in [0.717, 1.165) is 16.9 Å². The number of nitrogens with two attached hydrogens (primary N) is 1. The Balaban J connectivity index is 2.31. The first-order chi connectivity index (χ1) is 7.81. The van der Waals surface area contributed by atoms with E-state index in [9.17, 15) is 0 Å². The van der Waals surface area contributed by atoms with Crippen molar-refractivity contribution >= 4 is 5.82 Å². The van der Waals surface area contributed by atoms with E-state index in [4.69, 9.17) is 10.5 Å². The van der Waals surface area contributed by atoms with E-state index in [-0.39, 0.29) is 0 Å². The highest BCUT2D eigenvalue weighted by atomic mass is 16.5. The molecule has 1 heterocycles. The lowest BCUT2D eigenvalue weighted by molar-refractivity contribution is 0.340. The Hall–Kier alpha value is -2.10. The van der Waals surface area contributed by atoms with Crippen molar-refractivity contribution in [2.75, 3.05) is 12.3 Å². The van der Waals surface area contributed by atoms with Crippen LogP contribution in [0.2, 0.25) is 0 Å². The Morgan fingerprint density at radius 1 is 1.25 bits per heavy atom. The summed E-state index contributed by atoms with van der Waals surface area (Å²) >= 11 is 0. The van der Waals surface area contributed by atoms with Crippen molar-refractivity contribution in [2.24, 2.45) is 0 Å². The second-order valence-electron chi connectivity index (χ2n) is 3.28. The van der Waals surface area contributed by atoms with Gasteiger partial charge in [-0.3, -0.25) is 0 Å². The van der Waals surface area contributed by atoms with Crippen LogP contribution >= 0.6 is 0 Å². The fourth-order valence-corrected chi connectivity index (χ4v) is 1.46. The first-order valence-corrected chi connectivity index (χ1v) is 5.10. The standard InChI is InChI=1S/C12H13N3O/c1-2-16-10-5-3-9(4-6-10)11-7-14-8-15-12(11)13/h3-8H,2H2,1H3,(H2,13,14,15). The molecule has 2 rings (SSSR count). The number of hydrogen-bond acceptors (Lipinski definition) is 4. The van der Waals surface area contributed by atoms with Crippen molar-refractivity contribution in [3.63, 3.8) is 0 Å². The Bertz CT molecular complexity index is 468. The number of ether oxygens (including phenoxy) is 1. The summed E-state index contributed by atoms with van der Waals surface area (Å²) in [6.07, 6.45) is 3.14. The summed E-state index contributed by atoms with van der Waals surface area (Å²) in [6.45, 7) is 2.62. The first kappa shape index (κ1) is 10.4. The van der Waals surface area contributed by atoms with Crippen molar-refractivity contribution in [3.05, 3.63) is 36.8 Å². The third kappa shape index (κ3) is 2.11. The van der Waals surface area contributed by atoms with Crippen LogP contribution in [0.15, 0.2) is 36.8 Å². The molecule has 0 saturated heterocycles. The SMILES string of the molecule is CCOc1ccc(-c2cncnc2N)cc1. The van der Waals surface area contributed by atoms with Crippen LogP contribution in [0.25, 0.3) is 11.1 Å². The minimum atomic E-state index is 0.485. The highest BCUT2D eigenvalue weighted by Gasteiger charge is 2.03. The van der Waals surface area contributed by atoms with Crippen molar-refractivity contribution in [3.8, 4) is 16.9 Å². The number of benzene rings is 1. The van der Waals surface area contributed by atoms with E-state index in [1.807, 2.05) is 31.2 Å². The summed E-state index contributed by atoms with van der Waals surface area (Å²) in [5, 5.41) is 0. The highest BCUT2D eigenvalue weighted by molar-refractivity contribution is 5.72. The van der Waals surface area contributed by atoms with Gasteiger partial charge < -0.3 is 10.5 Å². The molecular formula is C12H13N3O. The molecule has 16 heavy (non-hydrogen) atoms. The zero-order valence-electron chi connectivity index (χ0n) is 9.05. The lowest BCUT2D eigenvalue weighted by atomic mass is 10.1. The predicted octanol–water partition coefficient (Wildman–Crippen LogP) is 2.12. The van der Waals surface area contributed by atoms with Gasteiger partial charge in [0.2, 0.25) is 0 Å². The van der Waals surface area contributed by atoms with Crippen LogP contribution in [0.5, 0.6) is 5.75 Å². The molecule has 4 heteroatoms. The molecule has 1 aromatic heterocycles. The summed E-state index contributed by atoms with van der Waals surface area (Å²) in [7, 11) is 0. The van der Waals surface area contributed by atoms with Gasteiger partial charge in [0.15, 0.2) is 0 Å². The van der Waals surface area contributed by atoms with Crippen molar-refractivity contribution < 1.29 is 4.74 Å². The Kier molecular flexibility index (Phi) is 3.00. The zero-order chi connectivity index (χ0) is 11.4. The topological polar surface area (TPSA) is 61.0 Å². The van der Waals surface area contributed by atoms with E-state index < -0.39 is 0 Å². The Morgan fingerprint density at radius 2 is 2.00 bits per heavy atom. The van der Waals surface area contributed by atoms with E-state index in [1.54, 1.807) is 6.20 Å². The van der Waals surface area contributed by atoms with E-state index in [0.29, 0.717) is 12.4 Å². The van der Waals surface area contributed by atoms with Gasteiger partial charge in [-0.05, 0) is 24.6 Å². The molecule has 0 aliphatic heterocycles. The molecule has 2 aromatic rings. The van der Waals surface area contributed by atoms with Crippen LogP contribution in [-0.4, -0.2) is 16.6 Å². The van der Waals surface area contributed by atoms with Gasteiger partial charge in [-0.15, -0.1) is 0 Å². The van der Waals surface area contributed by atoms with Crippen molar-refractivity contribution in [1.29, 1.82) is 0 Å². The molecule has 2 N–H and O–H groups in total. The summed E-state index contributed by atoms with van der Waals surface area (Å²) < 4.78 is 5.36. The summed E-state index contributed by atoms with van der Waals surface area (Å²) in [4.78, 5) is 7.91. The third-order valence-corrected chi connectivity index (χ3v) is 2.22. The van der Waals surface area contributed by atoms with Gasteiger partial charge in [0.05, 0.1) is 6.61 Å². The molecule has 0 fully saturated rings.